The molecule has 0 unspecified atom stereocenters. The average molecular weight is 441 g/mol. The summed E-state index contributed by atoms with van der Waals surface area (Å²) in [5.41, 5.74) is 1.61. The van der Waals surface area contributed by atoms with E-state index in [1.807, 2.05) is 6.07 Å². The number of anilines is 1. The number of hydrogen-bond acceptors (Lipinski definition) is 8. The number of thioether (sulfide) groups is 1. The van der Waals surface area contributed by atoms with Gasteiger partial charge in [-0.15, -0.1) is 10.2 Å². The van der Waals surface area contributed by atoms with E-state index in [1.54, 1.807) is 23.9 Å². The van der Waals surface area contributed by atoms with Crippen molar-refractivity contribution in [3.05, 3.63) is 24.0 Å². The van der Waals surface area contributed by atoms with Crippen LogP contribution in [0.2, 0.25) is 0 Å². The van der Waals surface area contributed by atoms with Crippen LogP contribution in [0.25, 0.3) is 11.0 Å². The Morgan fingerprint density at radius 2 is 2.04 bits per heavy atom. The smallest absolute Gasteiger partial charge is 0.242 e. The third-order valence-corrected chi connectivity index (χ3v) is 7.83. The van der Waals surface area contributed by atoms with Crippen molar-refractivity contribution in [1.82, 2.24) is 24.1 Å². The van der Waals surface area contributed by atoms with Crippen molar-refractivity contribution in [3.63, 3.8) is 0 Å². The molecule has 0 aliphatic carbocycles. The number of aryl methyl sites for hydroxylation is 1. The van der Waals surface area contributed by atoms with Crippen LogP contribution in [0, 0.1) is 0 Å². The highest BCUT2D eigenvalue weighted by Gasteiger charge is 2.19. The second-order valence-electron chi connectivity index (χ2n) is 6.67. The van der Waals surface area contributed by atoms with Crippen LogP contribution in [0.4, 0.5) is 5.13 Å². The predicted molar refractivity (Wildman–Crippen MR) is 115 cm³/mol. The summed E-state index contributed by atoms with van der Waals surface area (Å²) in [4.78, 5) is 4.94. The van der Waals surface area contributed by atoms with E-state index in [-0.39, 0.29) is 4.90 Å². The molecule has 152 valence electrons. The van der Waals surface area contributed by atoms with Gasteiger partial charge in [0.15, 0.2) is 4.34 Å². The van der Waals surface area contributed by atoms with Gasteiger partial charge in [0.05, 0.1) is 21.7 Å². The maximum Gasteiger partial charge on any atom is 0.242 e. The molecule has 0 atom stereocenters. The lowest BCUT2D eigenvalue weighted by Gasteiger charge is -2.11. The van der Waals surface area contributed by atoms with Crippen LogP contribution in [0.3, 0.4) is 0 Å². The number of nitrogens with one attached hydrogen (secondary N) is 1. The zero-order valence-electron chi connectivity index (χ0n) is 16.5. The molecule has 0 spiro atoms. The van der Waals surface area contributed by atoms with E-state index in [9.17, 15) is 8.42 Å². The molecule has 28 heavy (non-hydrogen) atoms. The number of aromatic nitrogens is 4. The zero-order chi connectivity index (χ0) is 20.5. The van der Waals surface area contributed by atoms with Gasteiger partial charge in [0, 0.05) is 26.7 Å². The van der Waals surface area contributed by atoms with Crippen molar-refractivity contribution in [2.24, 2.45) is 0 Å². The van der Waals surface area contributed by atoms with Gasteiger partial charge in [0.25, 0.3) is 0 Å². The summed E-state index contributed by atoms with van der Waals surface area (Å²) < 4.78 is 29.0. The largest absolute Gasteiger partial charge is 0.358 e. The van der Waals surface area contributed by atoms with Crippen LogP contribution in [0.15, 0.2) is 27.4 Å². The lowest BCUT2D eigenvalue weighted by Crippen LogP contribution is -2.22. The summed E-state index contributed by atoms with van der Waals surface area (Å²) >= 11 is 3.09. The average Bonchev–Trinajstić information content (AvgIpc) is 3.21. The Hall–Kier alpha value is -1.69. The van der Waals surface area contributed by atoms with Gasteiger partial charge in [-0.25, -0.2) is 17.7 Å². The molecule has 11 heteroatoms. The summed E-state index contributed by atoms with van der Waals surface area (Å²) in [6, 6.07) is 5.41. The Kier molecular flexibility index (Phi) is 6.28. The number of fused-ring (bicyclic) bond motifs is 1. The van der Waals surface area contributed by atoms with Crippen LogP contribution in [0.5, 0.6) is 0 Å². The van der Waals surface area contributed by atoms with E-state index in [1.165, 1.54) is 29.7 Å². The van der Waals surface area contributed by atoms with Gasteiger partial charge in [0.2, 0.25) is 15.2 Å². The van der Waals surface area contributed by atoms with Crippen LogP contribution >= 0.6 is 23.1 Å². The second kappa shape index (κ2) is 8.36. The van der Waals surface area contributed by atoms with E-state index in [2.05, 4.69) is 45.8 Å². The first-order valence-corrected chi connectivity index (χ1v) is 12.1. The van der Waals surface area contributed by atoms with Crippen molar-refractivity contribution >= 4 is 49.3 Å². The number of hydrogen-bond donors (Lipinski definition) is 1. The number of benzene rings is 1. The molecule has 0 radical (unpaired) electrons. The van der Waals surface area contributed by atoms with E-state index < -0.39 is 10.0 Å². The summed E-state index contributed by atoms with van der Waals surface area (Å²) in [7, 11) is -0.437. The molecule has 2 aromatic heterocycles. The highest BCUT2D eigenvalue weighted by Crippen LogP contribution is 2.30. The topological polar surface area (TPSA) is 93.0 Å². The molecule has 3 aromatic rings. The molecule has 0 bridgehead atoms. The normalized spacial score (nSPS) is 12.4. The van der Waals surface area contributed by atoms with Crippen molar-refractivity contribution < 1.29 is 8.42 Å². The first kappa shape index (κ1) is 21.0. The standard InChI is InChI=1S/C17H24N6O2S3/c1-6-23-14-8-7-12(28(24,25)22(4)5)9-13(14)19-15(23)10-26-17-21-20-16(27-17)18-11(2)3/h7-9,11H,6,10H2,1-5H3,(H,18,20). The first-order valence-electron chi connectivity index (χ1n) is 8.87. The van der Waals surface area contributed by atoms with Crippen LogP contribution in [0.1, 0.15) is 26.6 Å². The van der Waals surface area contributed by atoms with Gasteiger partial charge in [-0.1, -0.05) is 23.1 Å². The Morgan fingerprint density at radius 1 is 1.29 bits per heavy atom. The van der Waals surface area contributed by atoms with Crippen molar-refractivity contribution in [2.45, 2.75) is 48.3 Å². The van der Waals surface area contributed by atoms with Crippen LogP contribution in [-0.4, -0.2) is 52.6 Å². The Morgan fingerprint density at radius 3 is 2.68 bits per heavy atom. The predicted octanol–water partition coefficient (Wildman–Crippen LogP) is 3.27. The Balaban J connectivity index is 1.86. The van der Waals surface area contributed by atoms with Crippen molar-refractivity contribution in [2.75, 3.05) is 19.4 Å². The lowest BCUT2D eigenvalue weighted by molar-refractivity contribution is 0.521. The molecule has 0 aliphatic heterocycles. The van der Waals surface area contributed by atoms with E-state index in [0.717, 1.165) is 27.4 Å². The summed E-state index contributed by atoms with van der Waals surface area (Å²) in [6.07, 6.45) is 0. The fourth-order valence-electron chi connectivity index (χ4n) is 2.69. The molecule has 8 nitrogen and oxygen atoms in total. The second-order valence-corrected chi connectivity index (χ2v) is 11.0. The first-order chi connectivity index (χ1) is 13.2. The van der Waals surface area contributed by atoms with Gasteiger partial charge in [-0.2, -0.15) is 0 Å². The van der Waals surface area contributed by atoms with Gasteiger partial charge < -0.3 is 9.88 Å². The molecule has 0 fully saturated rings. The maximum absolute atomic E-state index is 12.4. The molecule has 1 N–H and O–H groups in total. The molecule has 2 heterocycles. The zero-order valence-corrected chi connectivity index (χ0v) is 19.0. The number of nitrogens with zero attached hydrogens (tertiary/aromatic N) is 5. The van der Waals surface area contributed by atoms with Gasteiger partial charge in [0.1, 0.15) is 5.82 Å². The third kappa shape index (κ3) is 4.32. The van der Waals surface area contributed by atoms with Crippen molar-refractivity contribution in [3.8, 4) is 0 Å². The third-order valence-electron chi connectivity index (χ3n) is 4.04. The fraction of sp³-hybridized carbons (Fsp3) is 0.471. The molecular weight excluding hydrogens is 416 g/mol. The quantitative estimate of drug-likeness (QED) is 0.537. The minimum absolute atomic E-state index is 0.249. The maximum atomic E-state index is 12.4. The summed E-state index contributed by atoms with van der Waals surface area (Å²) in [6.45, 7) is 6.92. The van der Waals surface area contributed by atoms with E-state index >= 15 is 0 Å². The molecule has 3 rings (SSSR count). The van der Waals surface area contributed by atoms with Gasteiger partial charge >= 0.3 is 0 Å². The molecule has 0 aliphatic rings. The Bertz CT molecular complexity index is 1070. The van der Waals surface area contributed by atoms with Crippen LogP contribution in [-0.2, 0) is 22.3 Å². The Labute approximate surface area is 173 Å². The van der Waals surface area contributed by atoms with Crippen LogP contribution < -0.4 is 5.32 Å². The molecule has 1 aromatic carbocycles. The van der Waals surface area contributed by atoms with Gasteiger partial charge in [-0.05, 0) is 39.0 Å². The SMILES string of the molecule is CCn1c(CSc2nnc(NC(C)C)s2)nc2cc(S(=O)(=O)N(C)C)ccc21. The highest BCUT2D eigenvalue weighted by molar-refractivity contribution is 8.00. The summed E-state index contributed by atoms with van der Waals surface area (Å²) in [5.74, 6) is 1.52. The monoisotopic (exact) mass is 440 g/mol. The molecular formula is C17H24N6O2S3. The van der Waals surface area contributed by atoms with Gasteiger partial charge in [-0.3, -0.25) is 0 Å². The number of sulfonamides is 1. The number of imidazole rings is 1. The molecule has 0 saturated carbocycles. The minimum atomic E-state index is -3.49. The lowest BCUT2D eigenvalue weighted by atomic mass is 10.3. The molecule has 0 saturated heterocycles. The minimum Gasteiger partial charge on any atom is -0.358 e. The van der Waals surface area contributed by atoms with E-state index in [0.29, 0.717) is 17.3 Å². The number of rotatable bonds is 8. The highest BCUT2D eigenvalue weighted by atomic mass is 32.2. The van der Waals surface area contributed by atoms with Crippen molar-refractivity contribution in [1.29, 1.82) is 0 Å². The summed E-state index contributed by atoms with van der Waals surface area (Å²) in [5, 5.41) is 12.4. The molecule has 0 amide bonds. The fourth-order valence-corrected chi connectivity index (χ4v) is 5.46. The van der Waals surface area contributed by atoms with E-state index in [4.69, 9.17) is 0 Å².